The first-order valence-electron chi connectivity index (χ1n) is 9.85. The van der Waals surface area contributed by atoms with Gasteiger partial charge in [0.1, 0.15) is 5.75 Å². The van der Waals surface area contributed by atoms with E-state index in [9.17, 15) is 13.2 Å². The van der Waals surface area contributed by atoms with Crippen molar-refractivity contribution in [3.8, 4) is 5.75 Å². The van der Waals surface area contributed by atoms with Gasteiger partial charge < -0.3 is 10.1 Å². The summed E-state index contributed by atoms with van der Waals surface area (Å²) in [4.78, 5) is 14.6. The van der Waals surface area contributed by atoms with Crippen molar-refractivity contribution in [1.82, 2.24) is 4.31 Å². The molecule has 0 saturated heterocycles. The molecule has 2 aromatic rings. The lowest BCUT2D eigenvalue weighted by Crippen LogP contribution is -2.30. The van der Waals surface area contributed by atoms with E-state index in [-0.39, 0.29) is 16.9 Å². The van der Waals surface area contributed by atoms with E-state index >= 15 is 0 Å². The van der Waals surface area contributed by atoms with Crippen LogP contribution in [0.25, 0.3) is 0 Å². The molecule has 0 aliphatic heterocycles. The number of carbonyl (C=O) groups is 1. The predicted molar refractivity (Wildman–Crippen MR) is 119 cm³/mol. The number of carbonyl (C=O) groups excluding carboxylic acids is 1. The highest BCUT2D eigenvalue weighted by Gasteiger charge is 2.24. The van der Waals surface area contributed by atoms with Crippen LogP contribution < -0.4 is 10.1 Å². The van der Waals surface area contributed by atoms with Crippen LogP contribution in [-0.2, 0) is 16.4 Å². The fourth-order valence-corrected chi connectivity index (χ4v) is 5.50. The Labute approximate surface area is 177 Å². The SMILES string of the molecule is CCc1cc(C(=O)Nc2cc(S(=O)(=O)N(CC)CC)ccc2OC(C)C)sc1C. The molecule has 0 aliphatic rings. The van der Waals surface area contributed by atoms with Crippen LogP contribution in [0.4, 0.5) is 5.69 Å². The van der Waals surface area contributed by atoms with Crippen molar-refractivity contribution in [2.24, 2.45) is 0 Å². The number of hydrogen-bond donors (Lipinski definition) is 1. The highest BCUT2D eigenvalue weighted by atomic mass is 32.2. The fourth-order valence-electron chi connectivity index (χ4n) is 3.00. The molecule has 0 bridgehead atoms. The molecule has 1 amide bonds. The van der Waals surface area contributed by atoms with Crippen LogP contribution in [0.5, 0.6) is 5.75 Å². The second kappa shape index (κ2) is 9.73. The van der Waals surface area contributed by atoms with Gasteiger partial charge in [0.2, 0.25) is 10.0 Å². The number of benzene rings is 1. The van der Waals surface area contributed by atoms with E-state index in [1.54, 1.807) is 19.9 Å². The summed E-state index contributed by atoms with van der Waals surface area (Å²) >= 11 is 1.43. The van der Waals surface area contributed by atoms with E-state index in [2.05, 4.69) is 5.32 Å². The molecule has 1 aromatic heterocycles. The van der Waals surface area contributed by atoms with Crippen LogP contribution in [0.1, 0.15) is 54.7 Å². The number of amides is 1. The molecule has 1 N–H and O–H groups in total. The Bertz CT molecular complexity index is 961. The van der Waals surface area contributed by atoms with Crippen molar-refractivity contribution in [3.05, 3.63) is 39.6 Å². The molecular weight excluding hydrogens is 408 g/mol. The van der Waals surface area contributed by atoms with Gasteiger partial charge >= 0.3 is 0 Å². The standard InChI is InChI=1S/C21H30N2O4S2/c1-7-16-12-20(28-15(16)6)21(24)22-18-13-17(10-11-19(18)27-14(4)5)29(25,26)23(8-2)9-3/h10-14H,7-9H2,1-6H3,(H,22,24). The summed E-state index contributed by atoms with van der Waals surface area (Å²) in [6.07, 6.45) is 0.737. The fraction of sp³-hybridized carbons (Fsp3) is 0.476. The van der Waals surface area contributed by atoms with Crippen molar-refractivity contribution in [3.63, 3.8) is 0 Å². The van der Waals surface area contributed by atoms with Crippen LogP contribution in [0.3, 0.4) is 0 Å². The summed E-state index contributed by atoms with van der Waals surface area (Å²) < 4.78 is 33.0. The monoisotopic (exact) mass is 438 g/mol. The Hall–Kier alpha value is -1.90. The highest BCUT2D eigenvalue weighted by molar-refractivity contribution is 7.89. The first-order chi connectivity index (χ1) is 13.6. The summed E-state index contributed by atoms with van der Waals surface area (Å²) in [7, 11) is -3.65. The second-order valence-corrected chi connectivity index (χ2v) is 10.1. The minimum Gasteiger partial charge on any atom is -0.489 e. The van der Waals surface area contributed by atoms with Gasteiger partial charge in [-0.1, -0.05) is 20.8 Å². The third-order valence-corrected chi connectivity index (χ3v) is 7.67. The summed E-state index contributed by atoms with van der Waals surface area (Å²) in [6, 6.07) is 6.48. The normalized spacial score (nSPS) is 11.9. The molecule has 1 aromatic carbocycles. The van der Waals surface area contributed by atoms with Gasteiger partial charge in [0.05, 0.1) is 21.6 Å². The van der Waals surface area contributed by atoms with E-state index in [4.69, 9.17) is 4.74 Å². The van der Waals surface area contributed by atoms with E-state index < -0.39 is 10.0 Å². The predicted octanol–water partition coefficient (Wildman–Crippen LogP) is 4.69. The number of ether oxygens (including phenoxy) is 1. The lowest BCUT2D eigenvalue weighted by Gasteiger charge is -2.20. The van der Waals surface area contributed by atoms with E-state index in [0.29, 0.717) is 29.4 Å². The largest absolute Gasteiger partial charge is 0.489 e. The summed E-state index contributed by atoms with van der Waals surface area (Å²) in [5.74, 6) is 0.166. The van der Waals surface area contributed by atoms with E-state index in [0.717, 1.165) is 16.9 Å². The molecule has 6 nitrogen and oxygen atoms in total. The Morgan fingerprint density at radius 1 is 1.17 bits per heavy atom. The Balaban J connectivity index is 2.45. The smallest absolute Gasteiger partial charge is 0.265 e. The van der Waals surface area contributed by atoms with Gasteiger partial charge in [-0.2, -0.15) is 4.31 Å². The number of nitrogens with one attached hydrogen (secondary N) is 1. The Morgan fingerprint density at radius 2 is 1.83 bits per heavy atom. The van der Waals surface area contributed by atoms with Gasteiger partial charge in [-0.15, -0.1) is 11.3 Å². The maximum atomic E-state index is 12.9. The summed E-state index contributed by atoms with van der Waals surface area (Å²) in [5, 5.41) is 2.85. The molecule has 29 heavy (non-hydrogen) atoms. The minimum absolute atomic E-state index is 0.119. The number of sulfonamides is 1. The molecule has 0 radical (unpaired) electrons. The minimum atomic E-state index is -3.65. The van der Waals surface area contributed by atoms with Gasteiger partial charge in [-0.3, -0.25) is 4.79 Å². The molecule has 0 aliphatic carbocycles. The number of aryl methyl sites for hydroxylation is 2. The molecular formula is C21H30N2O4S2. The van der Waals surface area contributed by atoms with Gasteiger partial charge in [0, 0.05) is 18.0 Å². The third kappa shape index (κ3) is 5.38. The highest BCUT2D eigenvalue weighted by Crippen LogP contribution is 2.31. The van der Waals surface area contributed by atoms with Crippen LogP contribution in [0, 0.1) is 6.92 Å². The molecule has 1 heterocycles. The topological polar surface area (TPSA) is 75.7 Å². The number of nitrogens with zero attached hydrogens (tertiary/aromatic N) is 1. The number of rotatable bonds is 9. The lowest BCUT2D eigenvalue weighted by atomic mass is 10.2. The molecule has 0 atom stereocenters. The van der Waals surface area contributed by atoms with Gasteiger partial charge in [-0.25, -0.2) is 8.42 Å². The molecule has 0 fully saturated rings. The average Bonchev–Trinajstić information content (AvgIpc) is 3.04. The van der Waals surface area contributed by atoms with Crippen LogP contribution >= 0.6 is 11.3 Å². The van der Waals surface area contributed by atoms with E-state index in [1.165, 1.54) is 27.8 Å². The summed E-state index contributed by atoms with van der Waals surface area (Å²) in [6.45, 7) is 12.1. The van der Waals surface area contributed by atoms with Crippen LogP contribution in [-0.4, -0.2) is 37.8 Å². The number of thiophene rings is 1. The van der Waals surface area contributed by atoms with Gasteiger partial charge in [0.25, 0.3) is 5.91 Å². The number of hydrogen-bond acceptors (Lipinski definition) is 5. The van der Waals surface area contributed by atoms with Crippen molar-refractivity contribution in [1.29, 1.82) is 0 Å². The molecule has 0 unspecified atom stereocenters. The zero-order valence-electron chi connectivity index (χ0n) is 17.9. The van der Waals surface area contributed by atoms with E-state index in [1.807, 2.05) is 33.8 Å². The van der Waals surface area contributed by atoms with Gasteiger partial charge in [-0.05, 0) is 57.0 Å². The van der Waals surface area contributed by atoms with Crippen LogP contribution in [0.15, 0.2) is 29.2 Å². The molecule has 2 rings (SSSR count). The van der Waals surface area contributed by atoms with Crippen molar-refractivity contribution < 1.29 is 17.9 Å². The zero-order valence-corrected chi connectivity index (χ0v) is 19.5. The molecule has 160 valence electrons. The maximum absolute atomic E-state index is 12.9. The molecule has 0 saturated carbocycles. The molecule has 0 spiro atoms. The zero-order chi connectivity index (χ0) is 21.8. The first kappa shape index (κ1) is 23.4. The van der Waals surface area contributed by atoms with Crippen LogP contribution in [0.2, 0.25) is 0 Å². The Morgan fingerprint density at radius 3 is 2.34 bits per heavy atom. The Kier molecular flexibility index (Phi) is 7.85. The second-order valence-electron chi connectivity index (χ2n) is 6.91. The van der Waals surface area contributed by atoms with Crippen molar-refractivity contribution in [2.75, 3.05) is 18.4 Å². The number of anilines is 1. The van der Waals surface area contributed by atoms with Crippen molar-refractivity contribution in [2.45, 2.75) is 59.0 Å². The van der Waals surface area contributed by atoms with Gasteiger partial charge in [0.15, 0.2) is 0 Å². The summed E-state index contributed by atoms with van der Waals surface area (Å²) in [5.41, 5.74) is 1.48. The lowest BCUT2D eigenvalue weighted by molar-refractivity contribution is 0.102. The quantitative estimate of drug-likeness (QED) is 0.616. The molecule has 8 heteroatoms. The maximum Gasteiger partial charge on any atom is 0.265 e. The third-order valence-electron chi connectivity index (χ3n) is 4.53. The average molecular weight is 439 g/mol. The first-order valence-corrected chi connectivity index (χ1v) is 12.1. The van der Waals surface area contributed by atoms with Crippen molar-refractivity contribution >= 4 is 33.0 Å².